The topological polar surface area (TPSA) is 60.8 Å². The molecule has 0 radical (unpaired) electrons. The fourth-order valence-electron chi connectivity index (χ4n) is 1.93. The van der Waals surface area contributed by atoms with Crippen molar-refractivity contribution < 1.29 is 15.1 Å². The Labute approximate surface area is 81.3 Å². The molecule has 4 heteroatoms. The van der Waals surface area contributed by atoms with Gasteiger partial charge in [-0.3, -0.25) is 5.21 Å². The number of carboxylic acids is 1. The zero-order valence-corrected chi connectivity index (χ0v) is 7.71. The quantitative estimate of drug-likeness (QED) is 0.708. The summed E-state index contributed by atoms with van der Waals surface area (Å²) in [5, 5.41) is 19.4. The molecule has 1 heterocycles. The van der Waals surface area contributed by atoms with Crippen LogP contribution in [0.3, 0.4) is 0 Å². The van der Waals surface area contributed by atoms with Gasteiger partial charge < -0.3 is 5.11 Å². The zero-order valence-electron chi connectivity index (χ0n) is 7.71. The summed E-state index contributed by atoms with van der Waals surface area (Å²) in [5.74, 6) is -1.19. The van der Waals surface area contributed by atoms with E-state index in [0.29, 0.717) is 5.69 Å². The molecule has 2 unspecified atom stereocenters. The standard InChI is InChI=1S/C10H11NO3/c1-6-7-4-2-3-5-8(7)11(14)9(6)10(12)13/h2-6,9,14H,1H3,(H,12,13). The minimum Gasteiger partial charge on any atom is -0.480 e. The summed E-state index contributed by atoms with van der Waals surface area (Å²) in [7, 11) is 0. The monoisotopic (exact) mass is 193 g/mol. The van der Waals surface area contributed by atoms with Gasteiger partial charge in [-0.15, -0.1) is 0 Å². The maximum atomic E-state index is 10.9. The average molecular weight is 193 g/mol. The van der Waals surface area contributed by atoms with Crippen LogP contribution in [0.1, 0.15) is 18.4 Å². The minimum absolute atomic E-state index is 0.186. The molecule has 0 fully saturated rings. The summed E-state index contributed by atoms with van der Waals surface area (Å²) >= 11 is 0. The molecule has 1 aliphatic heterocycles. The summed E-state index contributed by atoms with van der Waals surface area (Å²) < 4.78 is 0. The van der Waals surface area contributed by atoms with Crippen LogP contribution in [-0.2, 0) is 4.79 Å². The lowest BCUT2D eigenvalue weighted by Gasteiger charge is -2.18. The molecule has 14 heavy (non-hydrogen) atoms. The van der Waals surface area contributed by atoms with E-state index in [0.717, 1.165) is 10.6 Å². The molecule has 2 N–H and O–H groups in total. The zero-order chi connectivity index (χ0) is 10.3. The second-order valence-corrected chi connectivity index (χ2v) is 3.48. The third kappa shape index (κ3) is 1.08. The lowest BCUT2D eigenvalue weighted by Crippen LogP contribution is -2.37. The highest BCUT2D eigenvalue weighted by molar-refractivity contribution is 5.82. The Bertz CT molecular complexity index is 348. The molecule has 0 saturated carbocycles. The molecule has 4 nitrogen and oxygen atoms in total. The SMILES string of the molecule is CC1c2ccccc2N(O)C1C(=O)O. The average Bonchev–Trinajstić information content (AvgIpc) is 2.41. The number of benzene rings is 1. The van der Waals surface area contributed by atoms with E-state index < -0.39 is 12.0 Å². The van der Waals surface area contributed by atoms with E-state index >= 15 is 0 Å². The first-order chi connectivity index (χ1) is 6.63. The van der Waals surface area contributed by atoms with E-state index in [1.807, 2.05) is 12.1 Å². The van der Waals surface area contributed by atoms with E-state index in [9.17, 15) is 10.0 Å². The number of nitrogens with zero attached hydrogens (tertiary/aromatic N) is 1. The molecule has 0 bridgehead atoms. The first kappa shape index (κ1) is 9.02. The molecule has 74 valence electrons. The molecule has 1 aromatic carbocycles. The van der Waals surface area contributed by atoms with Crippen molar-refractivity contribution in [3.8, 4) is 0 Å². The Morgan fingerprint density at radius 3 is 2.64 bits per heavy atom. The lowest BCUT2D eigenvalue weighted by molar-refractivity contribution is -0.140. The predicted molar refractivity (Wildman–Crippen MR) is 50.5 cm³/mol. The fourth-order valence-corrected chi connectivity index (χ4v) is 1.93. The first-order valence-electron chi connectivity index (χ1n) is 4.42. The number of hydroxylamine groups is 1. The molecule has 0 spiro atoms. The van der Waals surface area contributed by atoms with E-state index in [2.05, 4.69) is 0 Å². The van der Waals surface area contributed by atoms with Gasteiger partial charge in [0.25, 0.3) is 0 Å². The second kappa shape index (κ2) is 2.99. The number of hydrogen-bond acceptors (Lipinski definition) is 3. The van der Waals surface area contributed by atoms with Gasteiger partial charge in [-0.1, -0.05) is 25.1 Å². The Balaban J connectivity index is 2.48. The van der Waals surface area contributed by atoms with Gasteiger partial charge in [0, 0.05) is 5.92 Å². The van der Waals surface area contributed by atoms with Crippen LogP contribution < -0.4 is 5.06 Å². The first-order valence-corrected chi connectivity index (χ1v) is 4.42. The normalized spacial score (nSPS) is 24.9. The van der Waals surface area contributed by atoms with Crippen molar-refractivity contribution in [1.29, 1.82) is 0 Å². The molecule has 0 aromatic heterocycles. The molecular weight excluding hydrogens is 182 g/mol. The third-order valence-corrected chi connectivity index (χ3v) is 2.66. The summed E-state index contributed by atoms with van der Waals surface area (Å²) in [4.78, 5) is 10.9. The van der Waals surface area contributed by atoms with Gasteiger partial charge in [0.15, 0.2) is 6.04 Å². The molecule has 0 amide bonds. The van der Waals surface area contributed by atoms with Crippen molar-refractivity contribution in [2.24, 2.45) is 0 Å². The summed E-state index contributed by atoms with van der Waals surface area (Å²) in [6, 6.07) is 6.31. The van der Waals surface area contributed by atoms with Crippen LogP contribution in [0, 0.1) is 0 Å². The Kier molecular flexibility index (Phi) is 1.93. The van der Waals surface area contributed by atoms with Gasteiger partial charge in [0.1, 0.15) is 0 Å². The number of rotatable bonds is 1. The van der Waals surface area contributed by atoms with Gasteiger partial charge in [0.2, 0.25) is 0 Å². The number of carboxylic acid groups (broad SMARTS) is 1. The molecular formula is C10H11NO3. The van der Waals surface area contributed by atoms with Crippen LogP contribution >= 0.6 is 0 Å². The van der Waals surface area contributed by atoms with Crippen LogP contribution in [0.2, 0.25) is 0 Å². The highest BCUT2D eigenvalue weighted by Gasteiger charge is 2.39. The van der Waals surface area contributed by atoms with E-state index in [4.69, 9.17) is 5.11 Å². The van der Waals surface area contributed by atoms with Crippen molar-refractivity contribution in [3.05, 3.63) is 29.8 Å². The summed E-state index contributed by atoms with van der Waals surface area (Å²) in [6.45, 7) is 1.80. The van der Waals surface area contributed by atoms with Gasteiger partial charge in [-0.2, -0.15) is 0 Å². The van der Waals surface area contributed by atoms with E-state index in [1.165, 1.54) is 0 Å². The van der Waals surface area contributed by atoms with Gasteiger partial charge >= 0.3 is 5.97 Å². The van der Waals surface area contributed by atoms with Crippen molar-refractivity contribution in [2.45, 2.75) is 18.9 Å². The molecule has 1 aromatic rings. The second-order valence-electron chi connectivity index (χ2n) is 3.48. The van der Waals surface area contributed by atoms with Crippen LogP contribution in [0.4, 0.5) is 5.69 Å². The predicted octanol–water partition coefficient (Wildman–Crippen LogP) is 1.45. The van der Waals surface area contributed by atoms with Crippen molar-refractivity contribution >= 4 is 11.7 Å². The van der Waals surface area contributed by atoms with Crippen LogP contribution in [0.15, 0.2) is 24.3 Å². The summed E-state index contributed by atoms with van der Waals surface area (Å²) in [5.41, 5.74) is 1.47. The molecule has 2 atom stereocenters. The van der Waals surface area contributed by atoms with E-state index in [1.54, 1.807) is 19.1 Å². The smallest absolute Gasteiger partial charge is 0.329 e. The van der Waals surface area contributed by atoms with Crippen LogP contribution in [0.5, 0.6) is 0 Å². The van der Waals surface area contributed by atoms with Crippen molar-refractivity contribution in [3.63, 3.8) is 0 Å². The highest BCUT2D eigenvalue weighted by Crippen LogP contribution is 2.39. The number of para-hydroxylation sites is 1. The Hall–Kier alpha value is -1.55. The number of fused-ring (bicyclic) bond motifs is 1. The molecule has 0 saturated heterocycles. The number of carbonyl (C=O) groups is 1. The fraction of sp³-hybridized carbons (Fsp3) is 0.300. The summed E-state index contributed by atoms with van der Waals surface area (Å²) in [6.07, 6.45) is 0. The van der Waals surface area contributed by atoms with Gasteiger partial charge in [-0.05, 0) is 11.6 Å². The maximum Gasteiger partial charge on any atom is 0.329 e. The third-order valence-electron chi connectivity index (χ3n) is 2.66. The van der Waals surface area contributed by atoms with Gasteiger partial charge in [0.05, 0.1) is 5.69 Å². The van der Waals surface area contributed by atoms with E-state index in [-0.39, 0.29) is 5.92 Å². The largest absolute Gasteiger partial charge is 0.480 e. The van der Waals surface area contributed by atoms with Crippen molar-refractivity contribution in [1.82, 2.24) is 0 Å². The molecule has 1 aliphatic rings. The Morgan fingerprint density at radius 1 is 1.43 bits per heavy atom. The van der Waals surface area contributed by atoms with Gasteiger partial charge in [-0.25, -0.2) is 9.86 Å². The van der Waals surface area contributed by atoms with Crippen LogP contribution in [-0.4, -0.2) is 22.3 Å². The Morgan fingerprint density at radius 2 is 2.07 bits per heavy atom. The van der Waals surface area contributed by atoms with Crippen LogP contribution in [0.25, 0.3) is 0 Å². The number of anilines is 1. The number of hydrogen-bond donors (Lipinski definition) is 2. The van der Waals surface area contributed by atoms with Crippen molar-refractivity contribution in [2.75, 3.05) is 5.06 Å². The number of aliphatic carboxylic acids is 1. The molecule has 2 rings (SSSR count). The molecule has 0 aliphatic carbocycles. The lowest BCUT2D eigenvalue weighted by atomic mass is 9.97. The minimum atomic E-state index is -1.00. The highest BCUT2D eigenvalue weighted by atomic mass is 16.5. The maximum absolute atomic E-state index is 10.9.